The Hall–Kier alpha value is -3.17. The van der Waals surface area contributed by atoms with E-state index in [0.717, 1.165) is 0 Å². The van der Waals surface area contributed by atoms with Crippen molar-refractivity contribution in [2.24, 2.45) is 5.10 Å². The Labute approximate surface area is 207 Å². The first-order valence-electron chi connectivity index (χ1n) is 9.87. The summed E-state index contributed by atoms with van der Waals surface area (Å²) in [6, 6.07) is 20.1. The van der Waals surface area contributed by atoms with Crippen LogP contribution >= 0.6 is 31.9 Å². The molecule has 3 aromatic rings. The molecule has 3 aromatic carbocycles. The summed E-state index contributed by atoms with van der Waals surface area (Å²) in [6.07, 6.45) is -0.820. The molecule has 0 bridgehead atoms. The molecule has 1 aliphatic rings. The lowest BCUT2D eigenvalue weighted by Crippen LogP contribution is -2.25. The first-order chi connectivity index (χ1) is 15.8. The van der Waals surface area contributed by atoms with Gasteiger partial charge >= 0.3 is 5.97 Å². The predicted molar refractivity (Wildman–Crippen MR) is 129 cm³/mol. The number of rotatable bonds is 5. The number of hydrazone groups is 1. The van der Waals surface area contributed by atoms with Gasteiger partial charge in [-0.25, -0.2) is 0 Å². The molecule has 0 radical (unpaired) electrons. The van der Waals surface area contributed by atoms with Crippen molar-refractivity contribution in [2.75, 3.05) is 0 Å². The van der Waals surface area contributed by atoms with Crippen LogP contribution in [0.15, 0.2) is 80.8 Å². The number of carbonyl (C=O) groups is 2. The van der Waals surface area contributed by atoms with E-state index in [4.69, 9.17) is 14.2 Å². The van der Waals surface area contributed by atoms with Crippen LogP contribution in [0.3, 0.4) is 0 Å². The van der Waals surface area contributed by atoms with Crippen LogP contribution in [0.1, 0.15) is 31.2 Å². The molecule has 7 nitrogen and oxygen atoms in total. The lowest BCUT2D eigenvalue weighted by atomic mass is 10.1. The van der Waals surface area contributed by atoms with E-state index in [1.54, 1.807) is 18.2 Å². The van der Waals surface area contributed by atoms with Crippen LogP contribution in [-0.4, -0.2) is 22.8 Å². The number of ether oxygens (including phenoxy) is 3. The van der Waals surface area contributed by atoms with Crippen LogP contribution in [0.25, 0.3) is 0 Å². The molecule has 0 N–H and O–H groups in total. The predicted octanol–water partition coefficient (Wildman–Crippen LogP) is 6.17. The summed E-state index contributed by atoms with van der Waals surface area (Å²) in [4.78, 5) is 24.0. The summed E-state index contributed by atoms with van der Waals surface area (Å²) in [6.45, 7) is 2.70. The van der Waals surface area contributed by atoms with Gasteiger partial charge in [0.05, 0.1) is 10.0 Å². The summed E-state index contributed by atoms with van der Waals surface area (Å²) in [5.41, 5.74) is 1.08. The SMILES string of the molecule is CC(=O)Oc1c(Br)cc(Br)cc1C1=NN(C(C)=O)C(c2cccc(Oc3ccccc3)c2)O1. The second-order valence-electron chi connectivity index (χ2n) is 7.08. The molecule has 0 spiro atoms. The second-order valence-corrected chi connectivity index (χ2v) is 8.85. The zero-order valence-electron chi connectivity index (χ0n) is 17.6. The number of esters is 1. The molecule has 0 aliphatic carbocycles. The van der Waals surface area contributed by atoms with Gasteiger partial charge in [-0.2, -0.15) is 5.01 Å². The molecule has 168 valence electrons. The molecule has 9 heteroatoms. The average molecular weight is 574 g/mol. The highest BCUT2D eigenvalue weighted by atomic mass is 79.9. The Kier molecular flexibility index (Phi) is 6.80. The zero-order valence-corrected chi connectivity index (χ0v) is 20.8. The summed E-state index contributed by atoms with van der Waals surface area (Å²) < 4.78 is 18.6. The maximum absolute atomic E-state index is 12.4. The molecular formula is C24H18Br2N2O5. The highest BCUT2D eigenvalue weighted by Crippen LogP contribution is 2.38. The fraction of sp³-hybridized carbons (Fsp3) is 0.125. The van der Waals surface area contributed by atoms with E-state index >= 15 is 0 Å². The molecule has 33 heavy (non-hydrogen) atoms. The second kappa shape index (κ2) is 9.76. The number of hydrogen-bond acceptors (Lipinski definition) is 6. The van der Waals surface area contributed by atoms with E-state index in [-0.39, 0.29) is 17.6 Å². The molecule has 1 amide bonds. The van der Waals surface area contributed by atoms with Crippen LogP contribution in [0.2, 0.25) is 0 Å². The van der Waals surface area contributed by atoms with Gasteiger partial charge in [-0.05, 0) is 52.3 Å². The van der Waals surface area contributed by atoms with E-state index in [9.17, 15) is 9.59 Å². The van der Waals surface area contributed by atoms with Gasteiger partial charge in [-0.15, -0.1) is 5.10 Å². The topological polar surface area (TPSA) is 77.4 Å². The largest absolute Gasteiger partial charge is 0.457 e. The number of hydrogen-bond donors (Lipinski definition) is 0. The lowest BCUT2D eigenvalue weighted by Gasteiger charge is -2.20. The Morgan fingerprint density at radius 2 is 1.70 bits per heavy atom. The van der Waals surface area contributed by atoms with E-state index in [1.807, 2.05) is 48.5 Å². The molecular weight excluding hydrogens is 556 g/mol. The van der Waals surface area contributed by atoms with E-state index < -0.39 is 12.2 Å². The van der Waals surface area contributed by atoms with Crippen molar-refractivity contribution in [3.8, 4) is 17.2 Å². The standard InChI is InChI=1S/C24H18Br2N2O5/c1-14(29)28-24(16-7-6-10-19(11-16)32-18-8-4-3-5-9-18)33-23(27-28)20-12-17(25)13-21(26)22(20)31-15(2)30/h3-13,24H,1-2H3. The average Bonchev–Trinajstić information content (AvgIpc) is 3.22. The van der Waals surface area contributed by atoms with Gasteiger partial charge < -0.3 is 14.2 Å². The van der Waals surface area contributed by atoms with Crippen LogP contribution in [-0.2, 0) is 14.3 Å². The molecule has 1 heterocycles. The van der Waals surface area contributed by atoms with Gasteiger partial charge in [0.25, 0.3) is 0 Å². The normalized spacial score (nSPS) is 15.0. The number of para-hydroxylation sites is 1. The van der Waals surface area contributed by atoms with Crippen LogP contribution in [0.4, 0.5) is 0 Å². The Balaban J connectivity index is 1.68. The molecule has 0 aromatic heterocycles. The Morgan fingerprint density at radius 1 is 0.970 bits per heavy atom. The monoisotopic (exact) mass is 572 g/mol. The zero-order chi connectivity index (χ0) is 23.5. The van der Waals surface area contributed by atoms with Gasteiger partial charge in [0.1, 0.15) is 11.5 Å². The first-order valence-corrected chi connectivity index (χ1v) is 11.5. The van der Waals surface area contributed by atoms with Crippen LogP contribution < -0.4 is 9.47 Å². The minimum absolute atomic E-state index is 0.142. The summed E-state index contributed by atoms with van der Waals surface area (Å²) >= 11 is 6.83. The van der Waals surface area contributed by atoms with Crippen molar-refractivity contribution in [3.63, 3.8) is 0 Å². The van der Waals surface area contributed by atoms with E-state index in [0.29, 0.717) is 31.6 Å². The quantitative estimate of drug-likeness (QED) is 0.269. The third-order valence-electron chi connectivity index (χ3n) is 4.57. The molecule has 1 atom stereocenters. The number of benzene rings is 3. The molecule has 0 fully saturated rings. The van der Waals surface area contributed by atoms with E-state index in [2.05, 4.69) is 37.0 Å². The smallest absolute Gasteiger partial charge is 0.308 e. The van der Waals surface area contributed by atoms with Gasteiger partial charge in [0, 0.05) is 23.9 Å². The Bertz CT molecular complexity index is 1250. The fourth-order valence-electron chi connectivity index (χ4n) is 3.21. The molecule has 0 saturated heterocycles. The number of nitrogens with zero attached hydrogens (tertiary/aromatic N) is 2. The van der Waals surface area contributed by atoms with Crippen molar-refractivity contribution in [3.05, 3.63) is 86.8 Å². The van der Waals surface area contributed by atoms with Gasteiger partial charge in [0.15, 0.2) is 5.75 Å². The first kappa shape index (κ1) is 23.0. The molecule has 1 aliphatic heterocycles. The number of carbonyl (C=O) groups excluding carboxylic acids is 2. The number of halogens is 2. The summed E-state index contributed by atoms with van der Waals surface area (Å²) in [5.74, 6) is 0.853. The van der Waals surface area contributed by atoms with Crippen molar-refractivity contribution >= 4 is 49.6 Å². The van der Waals surface area contributed by atoms with Crippen LogP contribution in [0, 0.1) is 0 Å². The lowest BCUT2D eigenvalue weighted by molar-refractivity contribution is -0.135. The minimum Gasteiger partial charge on any atom is -0.457 e. The third kappa shape index (κ3) is 5.26. The maximum Gasteiger partial charge on any atom is 0.308 e. The molecule has 0 saturated carbocycles. The highest BCUT2D eigenvalue weighted by molar-refractivity contribution is 9.11. The minimum atomic E-state index is -0.820. The molecule has 1 unspecified atom stereocenters. The third-order valence-corrected chi connectivity index (χ3v) is 5.62. The fourth-order valence-corrected chi connectivity index (χ4v) is 4.52. The summed E-state index contributed by atoms with van der Waals surface area (Å²) in [7, 11) is 0. The van der Waals surface area contributed by atoms with Crippen molar-refractivity contribution in [1.82, 2.24) is 5.01 Å². The van der Waals surface area contributed by atoms with Crippen molar-refractivity contribution in [1.29, 1.82) is 0 Å². The maximum atomic E-state index is 12.4. The highest BCUT2D eigenvalue weighted by Gasteiger charge is 2.35. The van der Waals surface area contributed by atoms with Gasteiger partial charge in [-0.1, -0.05) is 46.3 Å². The van der Waals surface area contributed by atoms with E-state index in [1.165, 1.54) is 18.9 Å². The number of amides is 1. The van der Waals surface area contributed by atoms with Gasteiger partial charge in [0.2, 0.25) is 18.0 Å². The Morgan fingerprint density at radius 3 is 2.39 bits per heavy atom. The summed E-state index contributed by atoms with van der Waals surface area (Å²) in [5, 5.41) is 5.62. The van der Waals surface area contributed by atoms with Crippen molar-refractivity contribution < 1.29 is 23.8 Å². The van der Waals surface area contributed by atoms with Crippen molar-refractivity contribution in [2.45, 2.75) is 20.1 Å². The van der Waals surface area contributed by atoms with Gasteiger partial charge in [-0.3, -0.25) is 9.59 Å². The van der Waals surface area contributed by atoms with Crippen LogP contribution in [0.5, 0.6) is 17.2 Å². The molecule has 4 rings (SSSR count).